The van der Waals surface area contributed by atoms with Gasteiger partial charge in [0.15, 0.2) is 0 Å². The van der Waals surface area contributed by atoms with Crippen molar-refractivity contribution < 1.29 is 19.6 Å². The van der Waals surface area contributed by atoms with E-state index in [1.165, 1.54) is 29.8 Å². The summed E-state index contributed by atoms with van der Waals surface area (Å²) < 4.78 is 1.39. The number of nitro groups is 1. The smallest absolute Gasteiger partial charge is 0.315 e. The standard InChI is InChI=1S/C14H16N4O5/c1-14(13(20)21,6-5-11(15)19)12-9-4-3-8(18(22)23)7-10(9)17(2)16-12/h3-4,7H,5-6H2,1-2H3,(H2,15,19)(H,20,21). The maximum atomic E-state index is 11.8. The Balaban J connectivity index is 2.62. The van der Waals surface area contributed by atoms with Gasteiger partial charge in [0, 0.05) is 31.0 Å². The lowest BCUT2D eigenvalue weighted by atomic mass is 9.80. The number of hydrogen-bond donors (Lipinski definition) is 2. The first kappa shape index (κ1) is 16.4. The van der Waals surface area contributed by atoms with Crippen molar-refractivity contribution in [3.05, 3.63) is 34.0 Å². The minimum atomic E-state index is -1.43. The lowest BCUT2D eigenvalue weighted by Gasteiger charge is -2.22. The molecule has 0 spiro atoms. The van der Waals surface area contributed by atoms with Gasteiger partial charge in [-0.05, 0) is 19.4 Å². The highest BCUT2D eigenvalue weighted by Crippen LogP contribution is 2.35. The average Bonchev–Trinajstić information content (AvgIpc) is 2.81. The SMILES string of the molecule is Cn1nc(C(C)(CCC(N)=O)C(=O)O)c2ccc([N+](=O)[O-])cc21. The predicted octanol–water partition coefficient (Wildman–Crippen LogP) is 1.09. The Labute approximate surface area is 130 Å². The zero-order valence-corrected chi connectivity index (χ0v) is 12.6. The van der Waals surface area contributed by atoms with Crippen LogP contribution in [-0.4, -0.2) is 31.7 Å². The molecule has 1 atom stereocenters. The van der Waals surface area contributed by atoms with E-state index in [2.05, 4.69) is 5.10 Å². The number of nitrogens with zero attached hydrogens (tertiary/aromatic N) is 3. The largest absolute Gasteiger partial charge is 0.481 e. The van der Waals surface area contributed by atoms with Gasteiger partial charge in [-0.25, -0.2) is 0 Å². The van der Waals surface area contributed by atoms with Crippen molar-refractivity contribution in [3.8, 4) is 0 Å². The van der Waals surface area contributed by atoms with Gasteiger partial charge in [-0.3, -0.25) is 24.4 Å². The summed E-state index contributed by atoms with van der Waals surface area (Å²) in [5, 5.41) is 25.2. The van der Waals surface area contributed by atoms with Gasteiger partial charge in [-0.15, -0.1) is 0 Å². The van der Waals surface area contributed by atoms with Gasteiger partial charge >= 0.3 is 5.97 Å². The summed E-state index contributed by atoms with van der Waals surface area (Å²) in [6.07, 6.45) is -0.116. The van der Waals surface area contributed by atoms with E-state index in [-0.39, 0.29) is 24.2 Å². The summed E-state index contributed by atoms with van der Waals surface area (Å²) in [5.41, 5.74) is 4.27. The van der Waals surface area contributed by atoms with Crippen LogP contribution in [0.15, 0.2) is 18.2 Å². The zero-order chi connectivity index (χ0) is 17.4. The fourth-order valence-corrected chi connectivity index (χ4v) is 2.47. The lowest BCUT2D eigenvalue weighted by Crippen LogP contribution is -2.34. The predicted molar refractivity (Wildman–Crippen MR) is 80.8 cm³/mol. The summed E-state index contributed by atoms with van der Waals surface area (Å²) in [6, 6.07) is 4.10. The molecule has 9 nitrogen and oxygen atoms in total. The Morgan fingerprint density at radius 2 is 2.13 bits per heavy atom. The van der Waals surface area contributed by atoms with E-state index in [1.807, 2.05) is 0 Å². The van der Waals surface area contributed by atoms with Crippen molar-refractivity contribution in [1.29, 1.82) is 0 Å². The quantitative estimate of drug-likeness (QED) is 0.602. The van der Waals surface area contributed by atoms with Crippen LogP contribution in [0.5, 0.6) is 0 Å². The van der Waals surface area contributed by atoms with E-state index >= 15 is 0 Å². The van der Waals surface area contributed by atoms with E-state index in [9.17, 15) is 24.8 Å². The van der Waals surface area contributed by atoms with Crippen molar-refractivity contribution in [2.45, 2.75) is 25.2 Å². The minimum Gasteiger partial charge on any atom is -0.481 e. The number of carbonyl (C=O) groups excluding carboxylic acids is 1. The second-order valence-electron chi connectivity index (χ2n) is 5.53. The topological polar surface area (TPSA) is 141 Å². The number of aryl methyl sites for hydroxylation is 1. The number of fused-ring (bicyclic) bond motifs is 1. The molecule has 0 fully saturated rings. The van der Waals surface area contributed by atoms with E-state index in [0.717, 1.165) is 0 Å². The number of non-ortho nitro benzene ring substituents is 1. The number of benzene rings is 1. The van der Waals surface area contributed by atoms with Crippen molar-refractivity contribution in [2.24, 2.45) is 12.8 Å². The first-order chi connectivity index (χ1) is 10.7. The summed E-state index contributed by atoms with van der Waals surface area (Å²) in [6.45, 7) is 1.46. The second-order valence-corrected chi connectivity index (χ2v) is 5.53. The molecule has 2 aromatic rings. The maximum Gasteiger partial charge on any atom is 0.315 e. The molecule has 0 aliphatic carbocycles. The number of carboxylic acid groups (broad SMARTS) is 1. The summed E-state index contributed by atoms with van der Waals surface area (Å²) in [7, 11) is 1.58. The van der Waals surface area contributed by atoms with Crippen LogP contribution in [0.25, 0.3) is 10.9 Å². The van der Waals surface area contributed by atoms with Crippen LogP contribution in [-0.2, 0) is 22.1 Å². The van der Waals surface area contributed by atoms with Crippen LogP contribution < -0.4 is 5.73 Å². The second kappa shape index (κ2) is 5.67. The number of hydrogen-bond acceptors (Lipinski definition) is 5. The Morgan fingerprint density at radius 3 is 2.65 bits per heavy atom. The minimum absolute atomic E-state index is 0.0131. The molecule has 0 radical (unpaired) electrons. The third-order valence-corrected chi connectivity index (χ3v) is 3.91. The number of carboxylic acids is 1. The van der Waals surface area contributed by atoms with Crippen molar-refractivity contribution in [2.75, 3.05) is 0 Å². The van der Waals surface area contributed by atoms with Crippen LogP contribution in [0.3, 0.4) is 0 Å². The number of nitro benzene ring substituents is 1. The van der Waals surface area contributed by atoms with Gasteiger partial charge in [-0.1, -0.05) is 0 Å². The fourth-order valence-electron chi connectivity index (χ4n) is 2.47. The van der Waals surface area contributed by atoms with E-state index in [4.69, 9.17) is 5.73 Å². The van der Waals surface area contributed by atoms with Crippen LogP contribution >= 0.6 is 0 Å². The molecule has 0 saturated heterocycles. The van der Waals surface area contributed by atoms with Crippen LogP contribution in [0.4, 0.5) is 5.69 Å². The zero-order valence-electron chi connectivity index (χ0n) is 12.6. The molecule has 0 saturated carbocycles. The van der Waals surface area contributed by atoms with Gasteiger partial charge in [0.1, 0.15) is 5.41 Å². The molecule has 2 rings (SSSR count). The number of carbonyl (C=O) groups is 2. The molecule has 1 aromatic heterocycles. The Hall–Kier alpha value is -2.97. The van der Waals surface area contributed by atoms with Crippen LogP contribution in [0.1, 0.15) is 25.5 Å². The van der Waals surface area contributed by atoms with E-state index < -0.39 is 22.2 Å². The highest BCUT2D eigenvalue weighted by molar-refractivity contribution is 5.92. The number of nitrogens with two attached hydrogens (primary N) is 1. The molecular weight excluding hydrogens is 304 g/mol. The van der Waals surface area contributed by atoms with E-state index in [1.54, 1.807) is 7.05 Å². The molecule has 0 aliphatic heterocycles. The Kier molecular flexibility index (Phi) is 4.04. The van der Waals surface area contributed by atoms with E-state index in [0.29, 0.717) is 10.9 Å². The third-order valence-electron chi connectivity index (χ3n) is 3.91. The van der Waals surface area contributed by atoms with Crippen LogP contribution in [0, 0.1) is 10.1 Å². The van der Waals surface area contributed by atoms with Crippen molar-refractivity contribution in [1.82, 2.24) is 9.78 Å². The number of rotatable bonds is 6. The molecule has 1 aromatic carbocycles. The molecule has 0 bridgehead atoms. The first-order valence-electron chi connectivity index (χ1n) is 6.80. The lowest BCUT2D eigenvalue weighted by molar-refractivity contribution is -0.384. The molecule has 3 N–H and O–H groups in total. The molecule has 0 aliphatic rings. The Bertz CT molecular complexity index is 813. The van der Waals surface area contributed by atoms with Crippen LogP contribution in [0.2, 0.25) is 0 Å². The van der Waals surface area contributed by atoms with Gasteiger partial charge in [0.2, 0.25) is 5.91 Å². The van der Waals surface area contributed by atoms with Gasteiger partial charge < -0.3 is 10.8 Å². The number of primary amides is 1. The number of aliphatic carboxylic acids is 1. The highest BCUT2D eigenvalue weighted by Gasteiger charge is 2.39. The summed E-state index contributed by atoms with van der Waals surface area (Å²) in [4.78, 5) is 33.1. The maximum absolute atomic E-state index is 11.8. The van der Waals surface area contributed by atoms with Crippen molar-refractivity contribution >= 4 is 28.5 Å². The highest BCUT2D eigenvalue weighted by atomic mass is 16.6. The number of aromatic nitrogens is 2. The molecule has 122 valence electrons. The third kappa shape index (κ3) is 2.85. The molecule has 1 unspecified atom stereocenters. The molecule has 1 heterocycles. The van der Waals surface area contributed by atoms with Gasteiger partial charge in [0.25, 0.3) is 5.69 Å². The molecule has 23 heavy (non-hydrogen) atoms. The molecular formula is C14H16N4O5. The normalized spacial score (nSPS) is 13.7. The molecule has 1 amide bonds. The van der Waals surface area contributed by atoms with Gasteiger partial charge in [0.05, 0.1) is 16.1 Å². The first-order valence-corrected chi connectivity index (χ1v) is 6.80. The summed E-state index contributed by atoms with van der Waals surface area (Å²) in [5.74, 6) is -1.74. The average molecular weight is 320 g/mol. The monoisotopic (exact) mass is 320 g/mol. The fraction of sp³-hybridized carbons (Fsp3) is 0.357. The molecule has 9 heteroatoms. The summed E-state index contributed by atoms with van der Waals surface area (Å²) >= 11 is 0. The Morgan fingerprint density at radius 1 is 1.48 bits per heavy atom. The van der Waals surface area contributed by atoms with Gasteiger partial charge in [-0.2, -0.15) is 5.10 Å². The van der Waals surface area contributed by atoms with Crippen molar-refractivity contribution in [3.63, 3.8) is 0 Å². The number of amides is 1.